The van der Waals surface area contributed by atoms with Crippen LogP contribution in [-0.2, 0) is 25.5 Å². The van der Waals surface area contributed by atoms with Crippen molar-refractivity contribution < 1.29 is 19.0 Å². The largest absolute Gasteiger partial charge is 0.454 e. The molecule has 10 nitrogen and oxygen atoms in total. The van der Waals surface area contributed by atoms with Crippen LogP contribution in [-0.4, -0.2) is 39.4 Å². The maximum Gasteiger partial charge on any atom is 0.267 e. The third-order valence-electron chi connectivity index (χ3n) is 5.84. The first-order valence-corrected chi connectivity index (χ1v) is 12.3. The van der Waals surface area contributed by atoms with E-state index in [1.165, 1.54) is 10.5 Å². The SMILES string of the molecule is C=C/C=C1/OCO/C1=C/CC(=O)N=c1c(C#N)cc2c(=O)n3cccc(C)c3nc2n1CCCOC(C)C. The Hall–Kier alpha value is -4.49. The smallest absolute Gasteiger partial charge is 0.267 e. The molecule has 0 unspecified atom stereocenters. The van der Waals surface area contributed by atoms with Crippen molar-refractivity contribution in [2.75, 3.05) is 13.4 Å². The van der Waals surface area contributed by atoms with Crippen LogP contribution in [0, 0.1) is 18.3 Å². The van der Waals surface area contributed by atoms with E-state index in [1.54, 1.807) is 35.1 Å². The van der Waals surface area contributed by atoms with Crippen molar-refractivity contribution in [3.8, 4) is 6.07 Å². The lowest BCUT2D eigenvalue weighted by Crippen LogP contribution is -2.30. The number of amides is 1. The van der Waals surface area contributed by atoms with Gasteiger partial charge < -0.3 is 18.8 Å². The average Bonchev–Trinajstić information content (AvgIpc) is 3.34. The third-order valence-corrected chi connectivity index (χ3v) is 5.84. The Morgan fingerprint density at radius 1 is 1.34 bits per heavy atom. The molecule has 0 saturated carbocycles. The van der Waals surface area contributed by atoms with Gasteiger partial charge in [-0.3, -0.25) is 14.0 Å². The van der Waals surface area contributed by atoms with Crippen LogP contribution in [0.5, 0.6) is 0 Å². The fourth-order valence-corrected chi connectivity index (χ4v) is 4.08. The van der Waals surface area contributed by atoms with Crippen LogP contribution in [0.2, 0.25) is 0 Å². The molecule has 0 aliphatic carbocycles. The van der Waals surface area contributed by atoms with Crippen molar-refractivity contribution in [1.29, 1.82) is 5.26 Å². The van der Waals surface area contributed by atoms with E-state index in [0.717, 1.165) is 5.56 Å². The summed E-state index contributed by atoms with van der Waals surface area (Å²) in [6, 6.07) is 7.18. The molecule has 3 aromatic heterocycles. The van der Waals surface area contributed by atoms with Gasteiger partial charge in [0.1, 0.15) is 17.4 Å². The quantitative estimate of drug-likeness (QED) is 0.333. The second kappa shape index (κ2) is 11.7. The lowest BCUT2D eigenvalue weighted by atomic mass is 10.2. The van der Waals surface area contributed by atoms with E-state index in [1.807, 2.05) is 26.8 Å². The number of aryl methyl sites for hydroxylation is 2. The summed E-state index contributed by atoms with van der Waals surface area (Å²) in [5.74, 6) is 0.397. The summed E-state index contributed by atoms with van der Waals surface area (Å²) in [6.07, 6.45) is 6.94. The van der Waals surface area contributed by atoms with E-state index < -0.39 is 5.91 Å². The van der Waals surface area contributed by atoms with E-state index in [2.05, 4.69) is 17.6 Å². The van der Waals surface area contributed by atoms with Gasteiger partial charge in [-0.1, -0.05) is 18.7 Å². The topological polar surface area (TPSA) is 120 Å². The van der Waals surface area contributed by atoms with E-state index in [0.29, 0.717) is 42.4 Å². The molecule has 10 heteroatoms. The summed E-state index contributed by atoms with van der Waals surface area (Å²) in [5, 5.41) is 10.2. The van der Waals surface area contributed by atoms with Crippen molar-refractivity contribution in [1.82, 2.24) is 14.0 Å². The molecule has 4 rings (SSSR count). The molecule has 0 spiro atoms. The first-order valence-electron chi connectivity index (χ1n) is 12.3. The van der Waals surface area contributed by atoms with Gasteiger partial charge in [-0.25, -0.2) is 4.98 Å². The van der Waals surface area contributed by atoms with Gasteiger partial charge in [0.05, 0.1) is 23.5 Å². The minimum atomic E-state index is -0.498. The molecule has 0 N–H and O–H groups in total. The maximum atomic E-state index is 13.4. The Kier molecular flexibility index (Phi) is 8.19. The Balaban J connectivity index is 1.86. The van der Waals surface area contributed by atoms with E-state index in [-0.39, 0.29) is 41.3 Å². The molecule has 1 aliphatic heterocycles. The lowest BCUT2D eigenvalue weighted by molar-refractivity contribution is -0.117. The van der Waals surface area contributed by atoms with Crippen molar-refractivity contribution in [3.05, 3.63) is 87.7 Å². The zero-order valence-corrected chi connectivity index (χ0v) is 21.6. The van der Waals surface area contributed by atoms with Gasteiger partial charge in [-0.2, -0.15) is 10.3 Å². The summed E-state index contributed by atoms with van der Waals surface area (Å²) >= 11 is 0. The van der Waals surface area contributed by atoms with Gasteiger partial charge in [0.15, 0.2) is 17.0 Å². The Bertz CT molecular complexity index is 1640. The number of rotatable bonds is 8. The van der Waals surface area contributed by atoms with Crippen LogP contribution in [0.3, 0.4) is 0 Å². The van der Waals surface area contributed by atoms with Crippen LogP contribution < -0.4 is 11.0 Å². The average molecular weight is 516 g/mol. The molecule has 1 saturated heterocycles. The molecule has 3 aromatic rings. The zero-order valence-electron chi connectivity index (χ0n) is 21.6. The highest BCUT2D eigenvalue weighted by Gasteiger charge is 2.18. The minimum Gasteiger partial charge on any atom is -0.454 e. The van der Waals surface area contributed by atoms with Crippen LogP contribution in [0.25, 0.3) is 16.7 Å². The number of fused-ring (bicyclic) bond motifs is 2. The highest BCUT2D eigenvalue weighted by Crippen LogP contribution is 2.21. The number of ether oxygens (including phenoxy) is 3. The molecular weight excluding hydrogens is 486 g/mol. The van der Waals surface area contributed by atoms with E-state index >= 15 is 0 Å². The van der Waals surface area contributed by atoms with Crippen molar-refractivity contribution >= 4 is 22.6 Å². The van der Waals surface area contributed by atoms with Gasteiger partial charge in [0.25, 0.3) is 11.5 Å². The molecule has 4 heterocycles. The number of carbonyl (C=O) groups excluding carboxylic acids is 1. The summed E-state index contributed by atoms with van der Waals surface area (Å²) in [5.41, 5.74) is 1.59. The number of aromatic nitrogens is 3. The fourth-order valence-electron chi connectivity index (χ4n) is 4.08. The first-order chi connectivity index (χ1) is 18.3. The van der Waals surface area contributed by atoms with E-state index in [4.69, 9.17) is 19.2 Å². The molecule has 0 radical (unpaired) electrons. The molecule has 38 heavy (non-hydrogen) atoms. The Labute approximate surface area is 219 Å². The number of allylic oxidation sites excluding steroid dienone is 2. The standard InChI is InChI=1S/C28H29N5O5/c1-5-8-22-23(38-17-37-22)10-11-24(34)30-26-20(16-29)15-21-27(32(26)13-7-14-36-18(2)3)31-25-19(4)9-6-12-33(25)28(21)35/h5-6,8-10,12,15,18H,1,7,11,13-14,17H2,2-4H3/b22-8+,23-10+,30-26?. The highest BCUT2D eigenvalue weighted by molar-refractivity contribution is 5.81. The van der Waals surface area contributed by atoms with Gasteiger partial charge in [0, 0.05) is 19.3 Å². The van der Waals surface area contributed by atoms with Gasteiger partial charge in [0.2, 0.25) is 6.79 Å². The molecule has 1 amide bonds. The third kappa shape index (κ3) is 5.58. The van der Waals surface area contributed by atoms with Crippen molar-refractivity contribution in [3.63, 3.8) is 0 Å². The normalized spacial score (nSPS) is 15.8. The second-order valence-electron chi connectivity index (χ2n) is 8.91. The van der Waals surface area contributed by atoms with Crippen molar-refractivity contribution in [2.24, 2.45) is 4.99 Å². The van der Waals surface area contributed by atoms with Crippen LogP contribution in [0.15, 0.2) is 70.5 Å². The fraction of sp³-hybridized carbons (Fsp3) is 0.321. The lowest BCUT2D eigenvalue weighted by Gasteiger charge is -2.14. The second-order valence-corrected chi connectivity index (χ2v) is 8.91. The molecule has 1 aliphatic rings. The molecule has 0 aromatic carbocycles. The van der Waals surface area contributed by atoms with E-state index in [9.17, 15) is 14.9 Å². The molecule has 0 bridgehead atoms. The predicted molar refractivity (Wildman–Crippen MR) is 141 cm³/mol. The van der Waals surface area contributed by atoms with Gasteiger partial charge >= 0.3 is 0 Å². The van der Waals surface area contributed by atoms with Gasteiger partial charge in [-0.15, -0.1) is 0 Å². The zero-order chi connectivity index (χ0) is 27.2. The van der Waals surface area contributed by atoms with Gasteiger partial charge in [-0.05, 0) is 57.0 Å². The number of nitrogens with zero attached hydrogens (tertiary/aromatic N) is 5. The number of hydrogen-bond acceptors (Lipinski definition) is 7. The number of nitriles is 1. The summed E-state index contributed by atoms with van der Waals surface area (Å²) in [7, 11) is 0. The number of carbonyl (C=O) groups is 1. The molecular formula is C28H29N5O5. The summed E-state index contributed by atoms with van der Waals surface area (Å²) < 4.78 is 19.6. The maximum absolute atomic E-state index is 13.4. The number of pyridine rings is 2. The minimum absolute atomic E-state index is 0.0487. The highest BCUT2D eigenvalue weighted by atomic mass is 16.7. The van der Waals surface area contributed by atoms with Crippen LogP contribution in [0.4, 0.5) is 0 Å². The monoisotopic (exact) mass is 515 g/mol. The number of hydrogen-bond donors (Lipinski definition) is 0. The molecule has 1 fully saturated rings. The Morgan fingerprint density at radius 3 is 2.87 bits per heavy atom. The molecule has 0 atom stereocenters. The van der Waals surface area contributed by atoms with Crippen molar-refractivity contribution in [2.45, 2.75) is 46.3 Å². The summed E-state index contributed by atoms with van der Waals surface area (Å²) in [4.78, 5) is 35.4. The van der Waals surface area contributed by atoms with Crippen LogP contribution in [0.1, 0.15) is 37.8 Å². The summed E-state index contributed by atoms with van der Waals surface area (Å²) in [6.45, 7) is 10.2. The molecule has 196 valence electrons. The Morgan fingerprint density at radius 2 is 2.13 bits per heavy atom. The predicted octanol–water partition coefficient (Wildman–Crippen LogP) is 3.42. The van der Waals surface area contributed by atoms with Crippen LogP contribution >= 0.6 is 0 Å². The first kappa shape index (κ1) is 26.6.